The molecule has 27 heavy (non-hydrogen) atoms. The van der Waals surface area contributed by atoms with Crippen LogP contribution in [0.2, 0.25) is 5.02 Å². The SMILES string of the molecule is COc1ccc(S(=O)(=O)N[C@@H](C)C(=O)NCc2ccccc2Cl)cc1OC. The van der Waals surface area contributed by atoms with Gasteiger partial charge < -0.3 is 14.8 Å². The Morgan fingerprint density at radius 1 is 1.11 bits per heavy atom. The first kappa shape index (κ1) is 21.0. The summed E-state index contributed by atoms with van der Waals surface area (Å²) in [5.41, 5.74) is 0.738. The molecule has 2 rings (SSSR count). The normalized spacial score (nSPS) is 12.3. The molecule has 0 aliphatic rings. The molecule has 0 saturated heterocycles. The van der Waals surface area contributed by atoms with Crippen LogP contribution >= 0.6 is 11.6 Å². The van der Waals surface area contributed by atoms with Crippen LogP contribution in [0.3, 0.4) is 0 Å². The van der Waals surface area contributed by atoms with Crippen LogP contribution in [-0.4, -0.2) is 34.6 Å². The fourth-order valence-electron chi connectivity index (χ4n) is 2.32. The third kappa shape index (κ3) is 5.35. The molecular formula is C18H21ClN2O5S. The summed E-state index contributed by atoms with van der Waals surface area (Å²) in [6, 6.07) is 10.3. The zero-order valence-electron chi connectivity index (χ0n) is 15.2. The maximum absolute atomic E-state index is 12.5. The summed E-state index contributed by atoms with van der Waals surface area (Å²) >= 11 is 6.04. The lowest BCUT2D eigenvalue weighted by Gasteiger charge is -2.16. The predicted octanol–water partition coefficient (Wildman–Crippen LogP) is 2.34. The molecule has 0 aliphatic heterocycles. The van der Waals surface area contributed by atoms with Crippen LogP contribution < -0.4 is 19.5 Å². The van der Waals surface area contributed by atoms with Gasteiger partial charge >= 0.3 is 0 Å². The molecule has 1 atom stereocenters. The van der Waals surface area contributed by atoms with Crippen molar-refractivity contribution in [3.63, 3.8) is 0 Å². The number of methoxy groups -OCH3 is 2. The molecular weight excluding hydrogens is 392 g/mol. The zero-order chi connectivity index (χ0) is 20.0. The van der Waals surface area contributed by atoms with E-state index in [4.69, 9.17) is 21.1 Å². The van der Waals surface area contributed by atoms with Crippen molar-refractivity contribution in [2.45, 2.75) is 24.4 Å². The van der Waals surface area contributed by atoms with E-state index in [0.29, 0.717) is 10.8 Å². The van der Waals surface area contributed by atoms with Gasteiger partial charge in [-0.1, -0.05) is 29.8 Å². The van der Waals surface area contributed by atoms with Crippen molar-refractivity contribution in [2.24, 2.45) is 0 Å². The summed E-state index contributed by atoms with van der Waals surface area (Å²) < 4.78 is 37.6. The van der Waals surface area contributed by atoms with Gasteiger partial charge in [-0.25, -0.2) is 8.42 Å². The topological polar surface area (TPSA) is 93.7 Å². The van der Waals surface area contributed by atoms with Crippen LogP contribution in [0.4, 0.5) is 0 Å². The largest absolute Gasteiger partial charge is 0.493 e. The lowest BCUT2D eigenvalue weighted by Crippen LogP contribution is -2.44. The van der Waals surface area contributed by atoms with Crippen LogP contribution in [0.1, 0.15) is 12.5 Å². The third-order valence-electron chi connectivity index (χ3n) is 3.80. The summed E-state index contributed by atoms with van der Waals surface area (Å²) in [5, 5.41) is 3.18. The fourth-order valence-corrected chi connectivity index (χ4v) is 3.74. The maximum Gasteiger partial charge on any atom is 0.241 e. The van der Waals surface area contributed by atoms with E-state index < -0.39 is 22.0 Å². The average Bonchev–Trinajstić information content (AvgIpc) is 2.66. The van der Waals surface area contributed by atoms with Crippen LogP contribution in [0.25, 0.3) is 0 Å². The van der Waals surface area contributed by atoms with E-state index in [0.717, 1.165) is 5.56 Å². The third-order valence-corrected chi connectivity index (χ3v) is 5.71. The van der Waals surface area contributed by atoms with E-state index in [1.165, 1.54) is 39.3 Å². The predicted molar refractivity (Wildman–Crippen MR) is 103 cm³/mol. The first-order chi connectivity index (χ1) is 12.8. The Morgan fingerprint density at radius 3 is 2.41 bits per heavy atom. The van der Waals surface area contributed by atoms with Crippen molar-refractivity contribution in [1.82, 2.24) is 10.0 Å². The molecule has 0 spiro atoms. The Labute approximate surface area is 163 Å². The highest BCUT2D eigenvalue weighted by atomic mass is 35.5. The first-order valence-electron chi connectivity index (χ1n) is 8.04. The van der Waals surface area contributed by atoms with E-state index in [1.807, 2.05) is 0 Å². The van der Waals surface area contributed by atoms with Gasteiger partial charge in [0.15, 0.2) is 11.5 Å². The average molecular weight is 413 g/mol. The van der Waals surface area contributed by atoms with Crippen molar-refractivity contribution in [3.05, 3.63) is 53.1 Å². The Kier molecular flexibility index (Phi) is 7.06. The summed E-state index contributed by atoms with van der Waals surface area (Å²) in [4.78, 5) is 12.2. The number of carbonyl (C=O) groups is 1. The first-order valence-corrected chi connectivity index (χ1v) is 9.90. The summed E-state index contributed by atoms with van der Waals surface area (Å²) in [5.74, 6) is 0.206. The highest BCUT2D eigenvalue weighted by molar-refractivity contribution is 7.89. The number of benzene rings is 2. The van der Waals surface area contributed by atoms with Crippen LogP contribution in [0.15, 0.2) is 47.4 Å². The minimum absolute atomic E-state index is 0.0362. The van der Waals surface area contributed by atoms with Gasteiger partial charge in [-0.2, -0.15) is 4.72 Å². The van der Waals surface area contributed by atoms with Gasteiger partial charge in [0, 0.05) is 17.6 Å². The van der Waals surface area contributed by atoms with E-state index in [9.17, 15) is 13.2 Å². The Balaban J connectivity index is 2.06. The molecule has 0 saturated carbocycles. The second kappa shape index (κ2) is 9.07. The summed E-state index contributed by atoms with van der Waals surface area (Å²) in [6.45, 7) is 1.65. The van der Waals surface area contributed by atoms with Gasteiger partial charge in [-0.3, -0.25) is 4.79 Å². The minimum atomic E-state index is -3.93. The zero-order valence-corrected chi connectivity index (χ0v) is 16.7. The molecule has 0 fully saturated rings. The molecule has 2 N–H and O–H groups in total. The lowest BCUT2D eigenvalue weighted by molar-refractivity contribution is -0.122. The molecule has 2 aromatic rings. The van der Waals surface area contributed by atoms with Crippen LogP contribution in [0, 0.1) is 0 Å². The standard InChI is InChI=1S/C18H21ClN2O5S/c1-12(18(22)20-11-13-6-4-5-7-15(13)19)21-27(23,24)14-8-9-16(25-2)17(10-14)26-3/h4-10,12,21H,11H2,1-3H3,(H,20,22)/t12-/m0/s1. The summed E-state index contributed by atoms with van der Waals surface area (Å²) in [6.07, 6.45) is 0. The monoisotopic (exact) mass is 412 g/mol. The second-order valence-corrected chi connectivity index (χ2v) is 7.79. The highest BCUT2D eigenvalue weighted by Gasteiger charge is 2.23. The van der Waals surface area contributed by atoms with E-state index in [-0.39, 0.29) is 17.2 Å². The number of rotatable bonds is 8. The highest BCUT2D eigenvalue weighted by Crippen LogP contribution is 2.29. The van der Waals surface area contributed by atoms with Crippen LogP contribution in [0.5, 0.6) is 11.5 Å². The number of halogens is 1. The Morgan fingerprint density at radius 2 is 1.78 bits per heavy atom. The quantitative estimate of drug-likeness (QED) is 0.694. The van der Waals surface area contributed by atoms with Gasteiger partial charge in [0.25, 0.3) is 0 Å². The Bertz CT molecular complexity index is 918. The molecule has 1 amide bonds. The van der Waals surface area contributed by atoms with E-state index in [1.54, 1.807) is 24.3 Å². The molecule has 0 unspecified atom stereocenters. The molecule has 9 heteroatoms. The number of carbonyl (C=O) groups excluding carboxylic acids is 1. The van der Waals surface area contributed by atoms with Gasteiger partial charge in [-0.05, 0) is 30.7 Å². The molecule has 2 aromatic carbocycles. The van der Waals surface area contributed by atoms with Crippen molar-refractivity contribution >= 4 is 27.5 Å². The summed E-state index contributed by atoms with van der Waals surface area (Å²) in [7, 11) is -1.06. The van der Waals surface area contributed by atoms with Crippen molar-refractivity contribution in [3.8, 4) is 11.5 Å². The van der Waals surface area contributed by atoms with Crippen molar-refractivity contribution < 1.29 is 22.7 Å². The molecule has 7 nitrogen and oxygen atoms in total. The minimum Gasteiger partial charge on any atom is -0.493 e. The Hall–Kier alpha value is -2.29. The van der Waals surface area contributed by atoms with Crippen molar-refractivity contribution in [2.75, 3.05) is 14.2 Å². The molecule has 0 aliphatic carbocycles. The molecule has 146 valence electrons. The van der Waals surface area contributed by atoms with Gasteiger partial charge in [0.1, 0.15) is 0 Å². The van der Waals surface area contributed by atoms with Gasteiger partial charge in [0.05, 0.1) is 25.2 Å². The smallest absolute Gasteiger partial charge is 0.241 e. The number of nitrogens with one attached hydrogen (secondary N) is 2. The maximum atomic E-state index is 12.5. The number of hydrogen-bond acceptors (Lipinski definition) is 5. The molecule has 0 radical (unpaired) electrons. The van der Waals surface area contributed by atoms with Crippen LogP contribution in [-0.2, 0) is 21.4 Å². The number of ether oxygens (including phenoxy) is 2. The van der Waals surface area contributed by atoms with E-state index in [2.05, 4.69) is 10.0 Å². The van der Waals surface area contributed by atoms with Gasteiger partial charge in [0.2, 0.25) is 15.9 Å². The molecule has 0 aromatic heterocycles. The van der Waals surface area contributed by atoms with Crippen molar-refractivity contribution in [1.29, 1.82) is 0 Å². The second-order valence-electron chi connectivity index (χ2n) is 5.67. The fraction of sp³-hybridized carbons (Fsp3) is 0.278. The lowest BCUT2D eigenvalue weighted by atomic mass is 10.2. The number of hydrogen-bond donors (Lipinski definition) is 2. The van der Waals surface area contributed by atoms with E-state index >= 15 is 0 Å². The molecule has 0 heterocycles. The number of sulfonamides is 1. The van der Waals surface area contributed by atoms with Gasteiger partial charge in [-0.15, -0.1) is 0 Å². The number of amides is 1. The molecule has 0 bridgehead atoms.